The summed E-state index contributed by atoms with van der Waals surface area (Å²) in [6.07, 6.45) is 10.4. The molecule has 0 aromatic heterocycles. The van der Waals surface area contributed by atoms with Gasteiger partial charge in [0.05, 0.1) is 0 Å². The van der Waals surface area contributed by atoms with Gasteiger partial charge < -0.3 is 0 Å². The molecular weight excluding hydrogens is 260 g/mol. The fraction of sp³-hybridized carbons (Fsp3) is 0.533. The molecular formula is C15H22Br. The van der Waals surface area contributed by atoms with Gasteiger partial charge in [-0.1, -0.05) is 79.6 Å². The molecule has 1 rings (SSSR count). The van der Waals surface area contributed by atoms with Gasteiger partial charge in [-0.3, -0.25) is 0 Å². The van der Waals surface area contributed by atoms with Crippen molar-refractivity contribution in [3.8, 4) is 0 Å². The maximum absolute atomic E-state index is 3.86. The Labute approximate surface area is 109 Å². The molecule has 0 heterocycles. The highest BCUT2D eigenvalue weighted by Crippen LogP contribution is 2.18. The summed E-state index contributed by atoms with van der Waals surface area (Å²) in [4.78, 5) is 0. The van der Waals surface area contributed by atoms with E-state index in [0.29, 0.717) is 0 Å². The van der Waals surface area contributed by atoms with Crippen LogP contribution in [0, 0.1) is 6.92 Å². The van der Waals surface area contributed by atoms with Crippen LogP contribution in [-0.4, -0.2) is 0 Å². The van der Waals surface area contributed by atoms with E-state index in [-0.39, 0.29) is 0 Å². The Morgan fingerprint density at radius 3 is 2.19 bits per heavy atom. The van der Waals surface area contributed by atoms with Gasteiger partial charge in [-0.25, -0.2) is 0 Å². The summed E-state index contributed by atoms with van der Waals surface area (Å²) >= 11 is 3.59. The number of benzene rings is 1. The van der Waals surface area contributed by atoms with Crippen molar-refractivity contribution >= 4 is 15.9 Å². The number of hydrogen-bond donors (Lipinski definition) is 0. The molecule has 1 heteroatoms. The van der Waals surface area contributed by atoms with Crippen molar-refractivity contribution in [1.29, 1.82) is 0 Å². The Bertz CT molecular complexity index is 281. The Morgan fingerprint density at radius 1 is 0.875 bits per heavy atom. The molecule has 0 nitrogen and oxygen atoms in total. The van der Waals surface area contributed by atoms with Crippen molar-refractivity contribution in [1.82, 2.24) is 0 Å². The summed E-state index contributed by atoms with van der Waals surface area (Å²) in [7, 11) is 0. The Kier molecular flexibility index (Phi) is 7.58. The first kappa shape index (κ1) is 13.8. The summed E-state index contributed by atoms with van der Waals surface area (Å²) in [5, 5.41) is 0. The molecule has 0 unspecified atom stereocenters. The second-order valence-electron chi connectivity index (χ2n) is 4.32. The topological polar surface area (TPSA) is 0 Å². The quantitative estimate of drug-likeness (QED) is 0.548. The highest BCUT2D eigenvalue weighted by Gasteiger charge is 1.97. The van der Waals surface area contributed by atoms with Gasteiger partial charge in [0.15, 0.2) is 0 Å². The lowest BCUT2D eigenvalue weighted by atomic mass is 10.0. The van der Waals surface area contributed by atoms with Crippen molar-refractivity contribution in [3.05, 3.63) is 41.2 Å². The lowest BCUT2D eigenvalue weighted by Crippen LogP contribution is -1.87. The van der Waals surface area contributed by atoms with Crippen LogP contribution in [0.1, 0.15) is 50.5 Å². The third-order valence-electron chi connectivity index (χ3n) is 2.90. The minimum absolute atomic E-state index is 1.09. The maximum atomic E-state index is 3.86. The molecule has 1 aromatic carbocycles. The molecule has 0 saturated carbocycles. The van der Waals surface area contributed by atoms with Gasteiger partial charge in [0, 0.05) is 4.47 Å². The molecule has 0 aliphatic carbocycles. The highest BCUT2D eigenvalue weighted by atomic mass is 79.9. The van der Waals surface area contributed by atoms with E-state index in [1.165, 1.54) is 55.0 Å². The second-order valence-corrected chi connectivity index (χ2v) is 5.17. The summed E-state index contributed by atoms with van der Waals surface area (Å²) in [6.45, 7) is 3.86. The van der Waals surface area contributed by atoms with Crippen molar-refractivity contribution in [2.24, 2.45) is 0 Å². The smallest absolute Gasteiger partial charge is 0.0207 e. The predicted molar refractivity (Wildman–Crippen MR) is 75.5 cm³/mol. The fourth-order valence-electron chi connectivity index (χ4n) is 1.90. The zero-order valence-electron chi connectivity index (χ0n) is 10.1. The van der Waals surface area contributed by atoms with Crippen LogP contribution in [0.25, 0.3) is 0 Å². The number of hydrogen-bond acceptors (Lipinski definition) is 0. The van der Waals surface area contributed by atoms with Crippen LogP contribution in [0.5, 0.6) is 0 Å². The van der Waals surface area contributed by atoms with E-state index in [9.17, 15) is 0 Å². The van der Waals surface area contributed by atoms with E-state index in [1.54, 1.807) is 0 Å². The molecule has 0 aliphatic heterocycles. The van der Waals surface area contributed by atoms with Crippen LogP contribution >= 0.6 is 15.9 Å². The Balaban J connectivity index is 2.05. The standard InChI is InChI=1S/C15H22Br/c1-2-3-4-5-6-7-8-11-14-12-9-10-13-15(14)16/h9-10,12-13H,1-8,11H2. The lowest BCUT2D eigenvalue weighted by molar-refractivity contribution is 0.596. The van der Waals surface area contributed by atoms with Crippen LogP contribution in [0.3, 0.4) is 0 Å². The lowest BCUT2D eigenvalue weighted by Gasteiger charge is -2.04. The fourth-order valence-corrected chi connectivity index (χ4v) is 2.38. The van der Waals surface area contributed by atoms with Gasteiger partial charge in [-0.2, -0.15) is 0 Å². The van der Waals surface area contributed by atoms with Crippen molar-refractivity contribution < 1.29 is 0 Å². The first-order chi connectivity index (χ1) is 7.84. The summed E-state index contributed by atoms with van der Waals surface area (Å²) in [5.41, 5.74) is 1.44. The number of rotatable bonds is 8. The predicted octanol–water partition coefficient (Wildman–Crippen LogP) is 5.56. The van der Waals surface area contributed by atoms with E-state index < -0.39 is 0 Å². The van der Waals surface area contributed by atoms with Gasteiger partial charge in [-0.05, 0) is 24.5 Å². The van der Waals surface area contributed by atoms with Crippen molar-refractivity contribution in [3.63, 3.8) is 0 Å². The van der Waals surface area contributed by atoms with Crippen molar-refractivity contribution in [2.45, 2.75) is 51.4 Å². The molecule has 1 radical (unpaired) electrons. The number of aryl methyl sites for hydroxylation is 1. The third-order valence-corrected chi connectivity index (χ3v) is 3.68. The molecule has 0 N–H and O–H groups in total. The molecule has 0 atom stereocenters. The van der Waals surface area contributed by atoms with E-state index in [1.807, 2.05) is 0 Å². The average molecular weight is 282 g/mol. The van der Waals surface area contributed by atoms with Crippen LogP contribution in [0.15, 0.2) is 28.7 Å². The molecule has 0 aliphatic rings. The van der Waals surface area contributed by atoms with E-state index in [2.05, 4.69) is 47.1 Å². The number of halogens is 1. The third kappa shape index (κ3) is 5.69. The van der Waals surface area contributed by atoms with Gasteiger partial charge in [0.25, 0.3) is 0 Å². The Morgan fingerprint density at radius 2 is 1.50 bits per heavy atom. The minimum Gasteiger partial charge on any atom is -0.0619 e. The monoisotopic (exact) mass is 281 g/mol. The van der Waals surface area contributed by atoms with Gasteiger partial charge >= 0.3 is 0 Å². The molecule has 0 bridgehead atoms. The van der Waals surface area contributed by atoms with Gasteiger partial charge in [0.1, 0.15) is 0 Å². The maximum Gasteiger partial charge on any atom is 0.0207 e. The largest absolute Gasteiger partial charge is 0.0619 e. The van der Waals surface area contributed by atoms with Crippen molar-refractivity contribution in [2.75, 3.05) is 0 Å². The molecule has 1 aromatic rings. The van der Waals surface area contributed by atoms with Gasteiger partial charge in [-0.15, -0.1) is 0 Å². The van der Waals surface area contributed by atoms with Crippen LogP contribution in [0.2, 0.25) is 0 Å². The van der Waals surface area contributed by atoms with Crippen LogP contribution in [0.4, 0.5) is 0 Å². The molecule has 0 spiro atoms. The van der Waals surface area contributed by atoms with E-state index in [0.717, 1.165) is 6.42 Å². The van der Waals surface area contributed by atoms with Gasteiger partial charge in [0.2, 0.25) is 0 Å². The summed E-state index contributed by atoms with van der Waals surface area (Å²) in [5.74, 6) is 0. The summed E-state index contributed by atoms with van der Waals surface area (Å²) < 4.78 is 1.26. The zero-order chi connectivity index (χ0) is 11.6. The van der Waals surface area contributed by atoms with Crippen LogP contribution < -0.4 is 0 Å². The average Bonchev–Trinajstić information content (AvgIpc) is 2.30. The molecule has 0 fully saturated rings. The second kappa shape index (κ2) is 8.81. The minimum atomic E-state index is 1.09. The zero-order valence-corrected chi connectivity index (χ0v) is 11.6. The normalized spacial score (nSPS) is 10.6. The molecule has 16 heavy (non-hydrogen) atoms. The number of unbranched alkanes of at least 4 members (excludes halogenated alkanes) is 6. The highest BCUT2D eigenvalue weighted by molar-refractivity contribution is 9.10. The van der Waals surface area contributed by atoms with Crippen LogP contribution in [-0.2, 0) is 6.42 Å². The molecule has 0 saturated heterocycles. The first-order valence-electron chi connectivity index (χ1n) is 6.37. The first-order valence-corrected chi connectivity index (χ1v) is 7.16. The molecule has 89 valence electrons. The van der Waals surface area contributed by atoms with E-state index in [4.69, 9.17) is 0 Å². The summed E-state index contributed by atoms with van der Waals surface area (Å²) in [6, 6.07) is 8.54. The Hall–Kier alpha value is -0.300. The van der Waals surface area contributed by atoms with E-state index >= 15 is 0 Å². The molecule has 0 amide bonds. The SMILES string of the molecule is [CH2]CCCCCCCCc1ccccc1Br.